The number of benzene rings is 1. The predicted octanol–water partition coefficient (Wildman–Crippen LogP) is 2.65. The third kappa shape index (κ3) is 3.56. The molecule has 0 unspecified atom stereocenters. The smallest absolute Gasteiger partial charge is 0.274 e. The van der Waals surface area contributed by atoms with Crippen molar-refractivity contribution in [3.63, 3.8) is 0 Å². The Morgan fingerprint density at radius 1 is 1.14 bits per heavy atom. The van der Waals surface area contributed by atoms with E-state index in [4.69, 9.17) is 14.3 Å². The first-order chi connectivity index (χ1) is 10.7. The van der Waals surface area contributed by atoms with Gasteiger partial charge in [-0.2, -0.15) is 0 Å². The zero-order chi connectivity index (χ0) is 15.9. The Morgan fingerprint density at radius 2 is 1.82 bits per heavy atom. The molecule has 0 aliphatic rings. The molecule has 0 aliphatic heterocycles. The number of hydrogen-bond donors (Lipinski definition) is 1. The second kappa shape index (κ2) is 7.46. The first-order valence-corrected chi connectivity index (χ1v) is 7.30. The van der Waals surface area contributed by atoms with Crippen LogP contribution in [0.25, 0.3) is 0 Å². The van der Waals surface area contributed by atoms with Gasteiger partial charge in [-0.1, -0.05) is 5.16 Å². The topological polar surface area (TPSA) is 69.2 Å². The molecule has 0 saturated heterocycles. The van der Waals surface area contributed by atoms with E-state index in [1.165, 1.54) is 25.5 Å². The molecule has 1 N–H and O–H groups in total. The summed E-state index contributed by atoms with van der Waals surface area (Å²) in [5, 5.41) is 8.13. The van der Waals surface area contributed by atoms with Crippen LogP contribution >= 0.6 is 11.3 Å². The van der Waals surface area contributed by atoms with E-state index >= 15 is 0 Å². The van der Waals surface area contributed by atoms with Crippen LogP contribution in [0.2, 0.25) is 0 Å². The number of nitrogens with zero attached hydrogens (tertiary/aromatic N) is 1. The Hall–Kier alpha value is -2.54. The van der Waals surface area contributed by atoms with Gasteiger partial charge in [0.2, 0.25) is 0 Å². The van der Waals surface area contributed by atoms with Crippen LogP contribution in [-0.4, -0.2) is 32.9 Å². The predicted molar refractivity (Wildman–Crippen MR) is 85.0 cm³/mol. The lowest BCUT2D eigenvalue weighted by atomic mass is 10.2. The summed E-state index contributed by atoms with van der Waals surface area (Å²) in [6.07, 6.45) is 0. The highest BCUT2D eigenvalue weighted by Crippen LogP contribution is 2.31. The molecule has 0 fully saturated rings. The average Bonchev–Trinajstić information content (AvgIpc) is 3.00. The second-order valence-electron chi connectivity index (χ2n) is 4.09. The lowest BCUT2D eigenvalue weighted by Crippen LogP contribution is -2.28. The number of amides is 1. The van der Waals surface area contributed by atoms with Crippen LogP contribution in [0, 0.1) is 0 Å². The molecule has 1 aromatic heterocycles. The van der Waals surface area contributed by atoms with Gasteiger partial charge in [0, 0.05) is 7.05 Å². The quantitative estimate of drug-likeness (QED) is 0.656. The first kappa shape index (κ1) is 15.8. The van der Waals surface area contributed by atoms with Gasteiger partial charge in [-0.25, -0.2) is 0 Å². The number of likely N-dealkylation sites (N-methyl/N-ethyl adjacent to an activating group) is 1. The molecule has 6 nitrogen and oxygen atoms in total. The average molecular weight is 320 g/mol. The summed E-state index contributed by atoms with van der Waals surface area (Å²) < 4.78 is 10.9. The molecule has 1 heterocycles. The number of carbonyl (C=O) groups excluding carboxylic acids is 1. The summed E-state index contributed by atoms with van der Waals surface area (Å²) in [5.74, 6) is 1.57. The van der Waals surface area contributed by atoms with E-state index in [0.717, 1.165) is 5.75 Å². The summed E-state index contributed by atoms with van der Waals surface area (Å²) in [5.41, 5.74) is 0.170. The van der Waals surface area contributed by atoms with Gasteiger partial charge in [0.15, 0.2) is 5.71 Å². The Kier molecular flexibility index (Phi) is 5.37. The number of oxime groups is 1. The molecule has 0 saturated carbocycles. The monoisotopic (exact) mass is 320 g/mol. The minimum atomic E-state index is -0.344. The van der Waals surface area contributed by atoms with Crippen LogP contribution < -0.4 is 14.8 Å². The van der Waals surface area contributed by atoms with Crippen molar-refractivity contribution in [1.82, 2.24) is 5.32 Å². The largest absolute Gasteiger partial charge is 0.497 e. The van der Waals surface area contributed by atoms with Gasteiger partial charge in [0.05, 0.1) is 7.11 Å². The molecule has 0 radical (unpaired) electrons. The molecule has 0 aliphatic carbocycles. The normalized spacial score (nSPS) is 11.0. The fourth-order valence-electron chi connectivity index (χ4n) is 1.72. The van der Waals surface area contributed by atoms with E-state index in [0.29, 0.717) is 16.4 Å². The molecule has 0 atom stereocenters. The van der Waals surface area contributed by atoms with Crippen molar-refractivity contribution >= 4 is 23.0 Å². The third-order valence-electron chi connectivity index (χ3n) is 2.76. The van der Waals surface area contributed by atoms with E-state index in [2.05, 4.69) is 10.5 Å². The van der Waals surface area contributed by atoms with Crippen molar-refractivity contribution in [2.75, 3.05) is 21.3 Å². The maximum Gasteiger partial charge on any atom is 0.274 e. The molecule has 2 aromatic rings. The van der Waals surface area contributed by atoms with Gasteiger partial charge in [-0.15, -0.1) is 11.3 Å². The third-order valence-corrected chi connectivity index (χ3v) is 3.66. The number of thiophene rings is 1. The lowest BCUT2D eigenvalue weighted by Gasteiger charge is -2.08. The van der Waals surface area contributed by atoms with Gasteiger partial charge in [0.1, 0.15) is 29.2 Å². The maximum absolute atomic E-state index is 11.9. The Morgan fingerprint density at radius 3 is 2.41 bits per heavy atom. The molecule has 116 valence electrons. The van der Waals surface area contributed by atoms with Crippen molar-refractivity contribution in [3.8, 4) is 17.2 Å². The van der Waals surface area contributed by atoms with Crippen molar-refractivity contribution in [2.24, 2.45) is 5.16 Å². The van der Waals surface area contributed by atoms with Crippen LogP contribution in [0.5, 0.6) is 17.2 Å². The highest BCUT2D eigenvalue weighted by molar-refractivity contribution is 7.13. The Balaban J connectivity index is 2.27. The summed E-state index contributed by atoms with van der Waals surface area (Å²) in [4.78, 5) is 17.2. The second-order valence-corrected chi connectivity index (χ2v) is 5.01. The summed E-state index contributed by atoms with van der Waals surface area (Å²) in [6, 6.07) is 8.94. The minimum absolute atomic E-state index is 0.170. The Bertz CT molecular complexity index is 664. The van der Waals surface area contributed by atoms with Crippen molar-refractivity contribution in [1.29, 1.82) is 0 Å². The van der Waals surface area contributed by atoms with Gasteiger partial charge in [-0.3, -0.25) is 4.79 Å². The SMILES string of the molecule is CNC(=O)/C(=N\OC)c1sccc1Oc1ccc(OC)cc1. The molecule has 0 spiro atoms. The lowest BCUT2D eigenvalue weighted by molar-refractivity contribution is -0.114. The minimum Gasteiger partial charge on any atom is -0.497 e. The molecule has 1 aromatic carbocycles. The fourth-order valence-corrected chi connectivity index (χ4v) is 2.51. The number of nitrogens with one attached hydrogen (secondary N) is 1. The summed E-state index contributed by atoms with van der Waals surface area (Å²) in [7, 11) is 4.52. The van der Waals surface area contributed by atoms with E-state index < -0.39 is 0 Å². The zero-order valence-corrected chi connectivity index (χ0v) is 13.3. The van der Waals surface area contributed by atoms with Crippen LogP contribution in [-0.2, 0) is 9.63 Å². The summed E-state index contributed by atoms with van der Waals surface area (Å²) >= 11 is 1.35. The number of hydrogen-bond acceptors (Lipinski definition) is 6. The molecular weight excluding hydrogens is 304 g/mol. The molecule has 2 rings (SSSR count). The number of carbonyl (C=O) groups is 1. The van der Waals surface area contributed by atoms with E-state index in [1.807, 2.05) is 5.38 Å². The molecule has 0 bridgehead atoms. The zero-order valence-electron chi connectivity index (χ0n) is 12.5. The fraction of sp³-hybridized carbons (Fsp3) is 0.200. The van der Waals surface area contributed by atoms with E-state index in [-0.39, 0.29) is 11.6 Å². The van der Waals surface area contributed by atoms with E-state index in [9.17, 15) is 4.79 Å². The maximum atomic E-state index is 11.9. The standard InChI is InChI=1S/C15H16N2O4S/c1-16-15(18)13(17-20-3)14-12(8-9-22-14)21-11-6-4-10(19-2)5-7-11/h4-9H,1-3H3,(H,16,18)/b17-13-. The molecule has 22 heavy (non-hydrogen) atoms. The van der Waals surface area contributed by atoms with Crippen molar-refractivity contribution in [3.05, 3.63) is 40.6 Å². The van der Waals surface area contributed by atoms with Crippen LogP contribution in [0.3, 0.4) is 0 Å². The number of rotatable bonds is 6. The number of methoxy groups -OCH3 is 1. The van der Waals surface area contributed by atoms with Crippen LogP contribution in [0.1, 0.15) is 4.88 Å². The summed E-state index contributed by atoms with van der Waals surface area (Å²) in [6.45, 7) is 0. The first-order valence-electron chi connectivity index (χ1n) is 6.42. The Labute approximate surface area is 132 Å². The molecular formula is C15H16N2O4S. The van der Waals surface area contributed by atoms with Gasteiger partial charge in [0.25, 0.3) is 5.91 Å². The molecule has 7 heteroatoms. The van der Waals surface area contributed by atoms with Crippen LogP contribution in [0.4, 0.5) is 0 Å². The van der Waals surface area contributed by atoms with Gasteiger partial charge < -0.3 is 19.6 Å². The molecule has 1 amide bonds. The van der Waals surface area contributed by atoms with Gasteiger partial charge >= 0.3 is 0 Å². The number of ether oxygens (including phenoxy) is 2. The highest BCUT2D eigenvalue weighted by Gasteiger charge is 2.20. The van der Waals surface area contributed by atoms with Crippen LogP contribution in [0.15, 0.2) is 40.9 Å². The van der Waals surface area contributed by atoms with E-state index in [1.54, 1.807) is 37.4 Å². The van der Waals surface area contributed by atoms with Gasteiger partial charge in [-0.05, 0) is 35.7 Å². The highest BCUT2D eigenvalue weighted by atomic mass is 32.1. The van der Waals surface area contributed by atoms with Crippen molar-refractivity contribution in [2.45, 2.75) is 0 Å². The van der Waals surface area contributed by atoms with Crippen molar-refractivity contribution < 1.29 is 19.1 Å².